The van der Waals surface area contributed by atoms with E-state index in [0.717, 1.165) is 22.5 Å². The Morgan fingerprint density at radius 3 is 1.54 bits per heavy atom. The molecule has 354 valence electrons. The van der Waals surface area contributed by atoms with Gasteiger partial charge < -0.3 is 32.3 Å². The summed E-state index contributed by atoms with van der Waals surface area (Å²) in [5.74, 6) is -4.52. The van der Waals surface area contributed by atoms with E-state index in [1.165, 1.54) is 61.5 Å². The van der Waals surface area contributed by atoms with Gasteiger partial charge in [-0.15, -0.1) is 0 Å². The predicted octanol–water partition coefficient (Wildman–Crippen LogP) is 2.27. The minimum Gasteiger partial charge on any atom is -0.357 e. The number of nitrogens with one attached hydrogen (secondary N) is 7. The Hall–Kier alpha value is -7.59. The van der Waals surface area contributed by atoms with Crippen LogP contribution in [0.3, 0.4) is 0 Å². The number of hydrogen-bond donors (Lipinski definition) is 10. The lowest BCUT2D eigenvalue weighted by Crippen LogP contribution is -2.53. The van der Waals surface area contributed by atoms with Crippen molar-refractivity contribution in [3.8, 4) is 0 Å². The number of fused-ring (bicyclic) bond motifs is 2. The average molecular weight is 925 g/mol. The average Bonchev–Trinajstić information content (AvgIpc) is 3.96. The molecular formula is C46H52F2N10O9. The van der Waals surface area contributed by atoms with Gasteiger partial charge >= 0.3 is 0 Å². The van der Waals surface area contributed by atoms with Crippen molar-refractivity contribution in [2.75, 3.05) is 14.1 Å². The van der Waals surface area contributed by atoms with Crippen molar-refractivity contribution in [2.45, 2.75) is 68.2 Å². The zero-order chi connectivity index (χ0) is 48.9. The molecule has 4 aromatic carbocycles. The number of carbonyl (C=O) groups excluding carboxylic acids is 7. The topological polar surface area (TPSA) is 295 Å². The molecule has 4 aromatic rings. The smallest absolute Gasteiger partial charge is 0.245 e. The first kappa shape index (κ1) is 52.0. The molecule has 6 atom stereocenters. The van der Waals surface area contributed by atoms with Crippen molar-refractivity contribution in [1.29, 1.82) is 0 Å². The van der Waals surface area contributed by atoms with Crippen LogP contribution in [0.4, 0.5) is 20.2 Å². The molecule has 0 aliphatic carbocycles. The van der Waals surface area contributed by atoms with Crippen LogP contribution in [0, 0.1) is 11.6 Å². The second kappa shape index (κ2) is 26.4. The molecule has 0 fully saturated rings. The SMILES string of the molecule is CNC(=O)C(CC1C=Nc2ccccc21)NC(=O)[C@@H](CC(=O)NO)NCc1ccc([18F])cc1.CNC(=O)C(CC1C=Nc2ccccc21)NC(=O)[C@H](N)CC(=O)NO.O=Cc1ccc([18F])cc1. The number of likely N-dealkylation sites (N-methyl/N-ethyl adjacent to an activating group) is 2. The Morgan fingerprint density at radius 1 is 0.627 bits per heavy atom. The summed E-state index contributed by atoms with van der Waals surface area (Å²) in [6.45, 7) is 0.171. The molecule has 0 saturated heterocycles. The van der Waals surface area contributed by atoms with E-state index in [9.17, 15) is 42.3 Å². The Bertz CT molecular complexity index is 2400. The molecule has 0 saturated carbocycles. The van der Waals surface area contributed by atoms with Crippen LogP contribution in [0.25, 0.3) is 0 Å². The third-order valence-electron chi connectivity index (χ3n) is 10.4. The van der Waals surface area contributed by atoms with Gasteiger partial charge in [0.25, 0.3) is 0 Å². The number of benzene rings is 4. The van der Waals surface area contributed by atoms with Crippen LogP contribution in [0.2, 0.25) is 0 Å². The number of nitrogens with two attached hydrogens (primary N) is 1. The van der Waals surface area contributed by atoms with Crippen LogP contribution in [-0.2, 0) is 35.3 Å². The van der Waals surface area contributed by atoms with E-state index in [1.54, 1.807) is 24.6 Å². The monoisotopic (exact) mass is 924 g/mol. The Morgan fingerprint density at radius 2 is 1.07 bits per heavy atom. The molecule has 0 spiro atoms. The number of carbonyl (C=O) groups is 7. The molecule has 2 heterocycles. The molecule has 21 heteroatoms. The van der Waals surface area contributed by atoms with Gasteiger partial charge in [0.15, 0.2) is 0 Å². The first-order chi connectivity index (χ1) is 32.2. The zero-order valence-electron chi connectivity index (χ0n) is 36.4. The Balaban J connectivity index is 0.000000253. The quantitative estimate of drug-likeness (QED) is 0.0392. The van der Waals surface area contributed by atoms with E-state index in [-0.39, 0.29) is 48.9 Å². The summed E-state index contributed by atoms with van der Waals surface area (Å²) in [5.41, 5.74) is 13.3. The molecule has 19 nitrogen and oxygen atoms in total. The van der Waals surface area contributed by atoms with Crippen molar-refractivity contribution in [3.63, 3.8) is 0 Å². The van der Waals surface area contributed by atoms with Gasteiger partial charge in [0.1, 0.15) is 30.0 Å². The van der Waals surface area contributed by atoms with Crippen molar-refractivity contribution in [3.05, 3.63) is 131 Å². The van der Waals surface area contributed by atoms with Crippen LogP contribution < -0.4 is 43.3 Å². The highest BCUT2D eigenvalue weighted by Crippen LogP contribution is 2.35. The number of para-hydroxylation sites is 2. The van der Waals surface area contributed by atoms with Crippen molar-refractivity contribution in [2.24, 2.45) is 15.7 Å². The standard InChI is InChI=1S/C23H26FN5O4.C16H21N5O4.C7H5FO/c1-25-22(31)20(10-15-13-27-18-5-3-2-4-17(15)18)28-23(32)19(11-21(30)29-33)26-12-14-6-8-16(24)9-7-14;1-18-16(24)13(20-15(23)11(17)7-14(22)21-25)6-9-8-19-12-5-3-2-4-10(9)12;8-7-3-1-6(5-9)2-4-7/h2-9,13,15,19-20,26,33H,10-12H2,1H3,(H,25,31)(H,28,32)(H,29,30);2-5,8-9,11,13,25H,6-7,17H2,1H3,(H,18,24)(H,20,23)(H,21,22);1-5H/t15?,19-,20?;9?,11-,13?;/m11./s1/i24-1;;8-1. The van der Waals surface area contributed by atoms with E-state index in [2.05, 4.69) is 36.6 Å². The van der Waals surface area contributed by atoms with E-state index in [4.69, 9.17) is 16.1 Å². The lowest BCUT2D eigenvalue weighted by Gasteiger charge is -2.24. The van der Waals surface area contributed by atoms with Crippen LogP contribution in [-0.4, -0.2) is 103 Å². The van der Waals surface area contributed by atoms with Gasteiger partial charge in [0.05, 0.1) is 36.3 Å². The van der Waals surface area contributed by atoms with Gasteiger partial charge in [0.2, 0.25) is 35.4 Å². The normalized spacial score (nSPS) is 15.5. The van der Waals surface area contributed by atoms with Crippen molar-refractivity contribution < 1.29 is 52.8 Å². The summed E-state index contributed by atoms with van der Waals surface area (Å²) in [6, 6.07) is 22.2. The Labute approximate surface area is 384 Å². The zero-order valence-corrected chi connectivity index (χ0v) is 36.4. The second-order valence-corrected chi connectivity index (χ2v) is 15.0. The van der Waals surface area contributed by atoms with Crippen LogP contribution in [0.15, 0.2) is 107 Å². The number of halogens is 2. The highest BCUT2D eigenvalue weighted by atomic mass is 18.2. The number of amides is 6. The van der Waals surface area contributed by atoms with E-state index in [0.29, 0.717) is 23.8 Å². The van der Waals surface area contributed by atoms with Crippen LogP contribution >= 0.6 is 0 Å². The fourth-order valence-corrected chi connectivity index (χ4v) is 6.80. The van der Waals surface area contributed by atoms with Gasteiger partial charge in [-0.05, 0) is 78.1 Å². The second-order valence-electron chi connectivity index (χ2n) is 15.0. The predicted molar refractivity (Wildman–Crippen MR) is 242 cm³/mol. The lowest BCUT2D eigenvalue weighted by molar-refractivity contribution is -0.134. The number of aldehydes is 1. The van der Waals surface area contributed by atoms with Gasteiger partial charge in [-0.25, -0.2) is 19.7 Å². The van der Waals surface area contributed by atoms with Gasteiger partial charge in [-0.2, -0.15) is 0 Å². The molecule has 2 aliphatic rings. The molecule has 0 radical (unpaired) electrons. The van der Waals surface area contributed by atoms with Gasteiger partial charge in [-0.1, -0.05) is 48.5 Å². The molecule has 11 N–H and O–H groups in total. The number of hydrogen-bond acceptors (Lipinski definition) is 13. The van der Waals surface area contributed by atoms with E-state index < -0.39 is 60.0 Å². The minimum atomic E-state index is -1.18. The van der Waals surface area contributed by atoms with Gasteiger partial charge in [-0.3, -0.25) is 54.0 Å². The van der Waals surface area contributed by atoms with Crippen molar-refractivity contribution >= 4 is 65.5 Å². The van der Waals surface area contributed by atoms with E-state index >= 15 is 0 Å². The number of nitrogens with zero attached hydrogens (tertiary/aromatic N) is 2. The third kappa shape index (κ3) is 16.1. The Kier molecular flexibility index (Phi) is 20.5. The number of aliphatic imine (C=N–C) groups is 2. The number of rotatable bonds is 18. The fourth-order valence-electron chi connectivity index (χ4n) is 6.80. The maximum absolute atomic E-state index is 13.1. The highest BCUT2D eigenvalue weighted by Gasteiger charge is 2.32. The lowest BCUT2D eigenvalue weighted by atomic mass is 9.93. The summed E-state index contributed by atoms with van der Waals surface area (Å²) < 4.78 is 25.2. The van der Waals surface area contributed by atoms with Crippen molar-refractivity contribution in [1.82, 2.24) is 37.5 Å². The summed E-state index contributed by atoms with van der Waals surface area (Å²) in [7, 11) is 2.94. The maximum atomic E-state index is 13.1. The molecular weight excluding hydrogens is 873 g/mol. The largest absolute Gasteiger partial charge is 0.357 e. The summed E-state index contributed by atoms with van der Waals surface area (Å²) in [5, 5.41) is 30.6. The first-order valence-electron chi connectivity index (χ1n) is 20.8. The molecule has 4 unspecified atom stereocenters. The molecule has 0 aromatic heterocycles. The molecule has 2 aliphatic heterocycles. The minimum absolute atomic E-state index is 0.115. The van der Waals surface area contributed by atoms with Crippen LogP contribution in [0.5, 0.6) is 0 Å². The summed E-state index contributed by atoms with van der Waals surface area (Å²) in [6.07, 6.45) is 4.00. The number of hydroxylamine groups is 2. The maximum Gasteiger partial charge on any atom is 0.245 e. The van der Waals surface area contributed by atoms with Crippen LogP contribution in [0.1, 0.15) is 64.6 Å². The third-order valence-corrected chi connectivity index (χ3v) is 10.4. The fraction of sp³-hybridized carbons (Fsp3) is 0.283. The molecule has 0 bridgehead atoms. The molecule has 67 heavy (non-hydrogen) atoms. The first-order valence-corrected chi connectivity index (χ1v) is 20.8. The summed E-state index contributed by atoms with van der Waals surface area (Å²) in [4.78, 5) is 91.3. The molecule has 6 amide bonds. The van der Waals surface area contributed by atoms with E-state index in [1.807, 2.05) is 48.5 Å². The molecule has 6 rings (SSSR count). The summed E-state index contributed by atoms with van der Waals surface area (Å²) >= 11 is 0. The highest BCUT2D eigenvalue weighted by molar-refractivity contribution is 5.94. The van der Waals surface area contributed by atoms with Gasteiger partial charge in [0, 0.05) is 50.5 Å².